The molecule has 124 valence electrons. The van der Waals surface area contributed by atoms with Crippen molar-refractivity contribution in [3.05, 3.63) is 29.8 Å². The van der Waals surface area contributed by atoms with Crippen LogP contribution in [0.5, 0.6) is 5.75 Å². The third kappa shape index (κ3) is 9.27. The Hall–Kier alpha value is -1.71. The molecule has 0 saturated carbocycles. The Balaban J connectivity index is 1.94. The summed E-state index contributed by atoms with van der Waals surface area (Å²) >= 11 is 0. The molecule has 0 heterocycles. The fourth-order valence-electron chi connectivity index (χ4n) is 2.33. The Bertz CT molecular complexity index is 404. The maximum Gasteiger partial charge on any atom is 0.314 e. The number of unbranched alkanes of at least 4 members (excludes halogenated alkanes) is 5. The molecule has 0 unspecified atom stereocenters. The van der Waals surface area contributed by atoms with Crippen molar-refractivity contribution >= 4 is 6.03 Å². The minimum absolute atomic E-state index is 0.0701. The molecule has 0 aliphatic rings. The van der Waals surface area contributed by atoms with Crippen molar-refractivity contribution in [2.45, 2.75) is 58.3 Å². The van der Waals surface area contributed by atoms with E-state index in [9.17, 15) is 9.90 Å². The zero-order valence-electron chi connectivity index (χ0n) is 13.7. The van der Waals surface area contributed by atoms with Crippen LogP contribution < -0.4 is 10.6 Å². The number of phenolic OH excluding ortho intramolecular Hbond substituents is 1. The molecule has 0 aliphatic carbocycles. The number of amides is 2. The van der Waals surface area contributed by atoms with Crippen LogP contribution in [-0.2, 0) is 6.42 Å². The van der Waals surface area contributed by atoms with E-state index < -0.39 is 0 Å². The standard InChI is InChI=1S/C18H30N2O2/c1-2-3-4-5-6-7-14-19-18(22)20-15-8-9-16-10-12-17(21)13-11-16/h10-13,21H,2-9,14-15H2,1H3,(H2,19,20,22). The van der Waals surface area contributed by atoms with Crippen molar-refractivity contribution in [2.24, 2.45) is 0 Å². The van der Waals surface area contributed by atoms with E-state index in [1.54, 1.807) is 12.1 Å². The van der Waals surface area contributed by atoms with Crippen LogP contribution in [0, 0.1) is 0 Å². The van der Waals surface area contributed by atoms with Crippen molar-refractivity contribution in [1.82, 2.24) is 10.6 Å². The Labute approximate surface area is 134 Å². The van der Waals surface area contributed by atoms with Gasteiger partial charge in [-0.05, 0) is 37.0 Å². The van der Waals surface area contributed by atoms with Gasteiger partial charge in [0, 0.05) is 13.1 Å². The van der Waals surface area contributed by atoms with Crippen molar-refractivity contribution in [1.29, 1.82) is 0 Å². The van der Waals surface area contributed by atoms with Gasteiger partial charge in [0.05, 0.1) is 0 Å². The number of carbonyl (C=O) groups is 1. The first-order valence-corrected chi connectivity index (χ1v) is 8.52. The predicted molar refractivity (Wildman–Crippen MR) is 91.2 cm³/mol. The summed E-state index contributed by atoms with van der Waals surface area (Å²) in [6.07, 6.45) is 9.21. The molecule has 0 aliphatic heterocycles. The lowest BCUT2D eigenvalue weighted by Gasteiger charge is -2.07. The number of benzene rings is 1. The first kappa shape index (κ1) is 18.3. The van der Waals surface area contributed by atoms with Gasteiger partial charge in [-0.25, -0.2) is 4.79 Å². The van der Waals surface area contributed by atoms with Crippen molar-refractivity contribution < 1.29 is 9.90 Å². The van der Waals surface area contributed by atoms with E-state index in [1.165, 1.54) is 37.7 Å². The summed E-state index contributed by atoms with van der Waals surface area (Å²) in [6, 6.07) is 7.13. The second-order valence-electron chi connectivity index (χ2n) is 5.72. The van der Waals surface area contributed by atoms with E-state index in [-0.39, 0.29) is 11.8 Å². The molecule has 3 N–H and O–H groups in total. The Morgan fingerprint density at radius 2 is 1.50 bits per heavy atom. The van der Waals surface area contributed by atoms with Gasteiger partial charge >= 0.3 is 6.03 Å². The maximum atomic E-state index is 11.6. The zero-order valence-corrected chi connectivity index (χ0v) is 13.7. The number of hydrogen-bond acceptors (Lipinski definition) is 2. The number of hydrogen-bond donors (Lipinski definition) is 3. The van der Waals surface area contributed by atoms with Gasteiger partial charge in [-0.1, -0.05) is 51.2 Å². The van der Waals surface area contributed by atoms with Crippen molar-refractivity contribution in [3.63, 3.8) is 0 Å². The summed E-state index contributed by atoms with van der Waals surface area (Å²) in [4.78, 5) is 11.6. The number of nitrogens with one attached hydrogen (secondary N) is 2. The number of aryl methyl sites for hydroxylation is 1. The molecule has 0 aromatic heterocycles. The van der Waals surface area contributed by atoms with Crippen LogP contribution in [0.25, 0.3) is 0 Å². The smallest absolute Gasteiger partial charge is 0.314 e. The molecule has 0 atom stereocenters. The molecule has 0 bridgehead atoms. The van der Waals surface area contributed by atoms with Crippen LogP contribution in [0.3, 0.4) is 0 Å². The van der Waals surface area contributed by atoms with Gasteiger partial charge in [-0.3, -0.25) is 0 Å². The minimum atomic E-state index is -0.0701. The highest BCUT2D eigenvalue weighted by Crippen LogP contribution is 2.10. The molecule has 1 rings (SSSR count). The van der Waals surface area contributed by atoms with E-state index >= 15 is 0 Å². The van der Waals surface area contributed by atoms with Gasteiger partial charge in [0.2, 0.25) is 0 Å². The number of phenols is 1. The Morgan fingerprint density at radius 3 is 2.18 bits per heavy atom. The molecule has 4 nitrogen and oxygen atoms in total. The van der Waals surface area contributed by atoms with E-state index in [0.29, 0.717) is 6.54 Å². The fourth-order valence-corrected chi connectivity index (χ4v) is 2.33. The third-order valence-electron chi connectivity index (χ3n) is 3.68. The first-order chi connectivity index (χ1) is 10.7. The molecular weight excluding hydrogens is 276 g/mol. The average molecular weight is 306 g/mol. The molecule has 22 heavy (non-hydrogen) atoms. The predicted octanol–water partition coefficient (Wildman–Crippen LogP) is 3.98. The second-order valence-corrected chi connectivity index (χ2v) is 5.72. The van der Waals surface area contributed by atoms with Crippen LogP contribution in [0.15, 0.2) is 24.3 Å². The normalized spacial score (nSPS) is 10.4. The van der Waals surface area contributed by atoms with Crippen LogP contribution in [-0.4, -0.2) is 24.2 Å². The Kier molecular flexibility index (Phi) is 9.92. The molecular formula is C18H30N2O2. The summed E-state index contributed by atoms with van der Waals surface area (Å²) in [6.45, 7) is 3.65. The third-order valence-corrected chi connectivity index (χ3v) is 3.68. The average Bonchev–Trinajstić information content (AvgIpc) is 2.52. The largest absolute Gasteiger partial charge is 0.508 e. The highest BCUT2D eigenvalue weighted by molar-refractivity contribution is 5.73. The summed E-state index contributed by atoms with van der Waals surface area (Å²) < 4.78 is 0. The molecule has 0 fully saturated rings. The van der Waals surface area contributed by atoms with E-state index in [2.05, 4.69) is 17.6 Å². The van der Waals surface area contributed by atoms with Crippen LogP contribution in [0.2, 0.25) is 0 Å². The molecule has 0 spiro atoms. The molecule has 1 aromatic carbocycles. The Morgan fingerprint density at radius 1 is 0.909 bits per heavy atom. The highest BCUT2D eigenvalue weighted by Gasteiger charge is 1.99. The lowest BCUT2D eigenvalue weighted by atomic mass is 10.1. The second kappa shape index (κ2) is 11.9. The maximum absolute atomic E-state index is 11.6. The number of rotatable bonds is 11. The van der Waals surface area contributed by atoms with Gasteiger partial charge < -0.3 is 15.7 Å². The van der Waals surface area contributed by atoms with E-state index in [1.807, 2.05) is 12.1 Å². The topological polar surface area (TPSA) is 61.4 Å². The van der Waals surface area contributed by atoms with Crippen LogP contribution in [0.1, 0.15) is 57.4 Å². The number of carbonyl (C=O) groups excluding carboxylic acids is 1. The molecule has 1 aromatic rings. The molecule has 0 radical (unpaired) electrons. The number of urea groups is 1. The van der Waals surface area contributed by atoms with Crippen LogP contribution in [0.4, 0.5) is 4.79 Å². The summed E-state index contributed by atoms with van der Waals surface area (Å²) in [5.41, 5.74) is 1.17. The van der Waals surface area contributed by atoms with Gasteiger partial charge in [-0.2, -0.15) is 0 Å². The van der Waals surface area contributed by atoms with E-state index in [0.717, 1.165) is 25.8 Å². The molecule has 4 heteroatoms. The monoisotopic (exact) mass is 306 g/mol. The summed E-state index contributed by atoms with van der Waals surface area (Å²) in [5.74, 6) is 0.288. The van der Waals surface area contributed by atoms with Crippen LogP contribution >= 0.6 is 0 Å². The number of aromatic hydroxyl groups is 1. The molecule has 0 saturated heterocycles. The first-order valence-electron chi connectivity index (χ1n) is 8.52. The van der Waals surface area contributed by atoms with Gasteiger partial charge in [0.1, 0.15) is 5.75 Å². The van der Waals surface area contributed by atoms with Crippen molar-refractivity contribution in [3.8, 4) is 5.75 Å². The molecule has 2 amide bonds. The van der Waals surface area contributed by atoms with E-state index in [4.69, 9.17) is 0 Å². The lowest BCUT2D eigenvalue weighted by molar-refractivity contribution is 0.240. The van der Waals surface area contributed by atoms with Crippen molar-refractivity contribution in [2.75, 3.05) is 13.1 Å². The highest BCUT2D eigenvalue weighted by atomic mass is 16.3. The van der Waals surface area contributed by atoms with Gasteiger partial charge in [-0.15, -0.1) is 0 Å². The minimum Gasteiger partial charge on any atom is -0.508 e. The van der Waals surface area contributed by atoms with Gasteiger partial charge in [0.25, 0.3) is 0 Å². The quantitative estimate of drug-likeness (QED) is 0.541. The van der Waals surface area contributed by atoms with Gasteiger partial charge in [0.15, 0.2) is 0 Å². The summed E-state index contributed by atoms with van der Waals surface area (Å²) in [7, 11) is 0. The fraction of sp³-hybridized carbons (Fsp3) is 0.611. The SMILES string of the molecule is CCCCCCCCNC(=O)NCCCc1ccc(O)cc1. The summed E-state index contributed by atoms with van der Waals surface area (Å²) in [5, 5.41) is 15.0. The zero-order chi connectivity index (χ0) is 16.0. The lowest BCUT2D eigenvalue weighted by Crippen LogP contribution is -2.36.